The van der Waals surface area contributed by atoms with E-state index in [1.807, 2.05) is 19.1 Å². The van der Waals surface area contributed by atoms with Crippen LogP contribution in [0.5, 0.6) is 0 Å². The van der Waals surface area contributed by atoms with Crippen LogP contribution in [0.25, 0.3) is 11.4 Å². The topological polar surface area (TPSA) is 88.2 Å². The Morgan fingerprint density at radius 1 is 1.44 bits per heavy atom. The summed E-state index contributed by atoms with van der Waals surface area (Å²) in [5.74, 6) is 1.60. The molecule has 1 aliphatic heterocycles. The number of rotatable bonds is 4. The normalized spacial score (nSPS) is 24.1. The number of hydrogen-bond donors (Lipinski definition) is 1. The van der Waals surface area contributed by atoms with Crippen LogP contribution < -0.4 is 10.5 Å². The van der Waals surface area contributed by atoms with Crippen molar-refractivity contribution in [2.24, 2.45) is 11.3 Å². The Morgan fingerprint density at radius 3 is 3.00 bits per heavy atom. The van der Waals surface area contributed by atoms with E-state index >= 15 is 0 Å². The van der Waals surface area contributed by atoms with E-state index in [0.29, 0.717) is 24.7 Å². The standard InChI is InChI=1S/C20H24N4O3/c1-3-15-9-17(25)23-18(22-15)13-6-7-16(21-10-13)24-11-14-5-4-8-20(14,12-24)19(26)27-2/h6-7,9-10,14H,3-5,8,11-12H2,1-2H3,(H,22,23,25). The van der Waals surface area contributed by atoms with E-state index in [0.717, 1.165) is 42.9 Å². The number of aromatic amines is 1. The first-order chi connectivity index (χ1) is 13.1. The third-order valence-corrected chi connectivity index (χ3v) is 5.96. The van der Waals surface area contributed by atoms with Gasteiger partial charge in [0.05, 0.1) is 12.5 Å². The van der Waals surface area contributed by atoms with Gasteiger partial charge in [-0.2, -0.15) is 0 Å². The molecule has 1 N–H and O–H groups in total. The number of aromatic nitrogens is 3. The lowest BCUT2D eigenvalue weighted by atomic mass is 9.81. The third-order valence-electron chi connectivity index (χ3n) is 5.96. The van der Waals surface area contributed by atoms with Gasteiger partial charge in [0.25, 0.3) is 5.56 Å². The summed E-state index contributed by atoms with van der Waals surface area (Å²) in [4.78, 5) is 38.2. The van der Waals surface area contributed by atoms with Gasteiger partial charge >= 0.3 is 5.97 Å². The van der Waals surface area contributed by atoms with E-state index in [2.05, 4.69) is 19.9 Å². The van der Waals surface area contributed by atoms with Crippen LogP contribution in [0, 0.1) is 11.3 Å². The molecule has 2 aromatic rings. The zero-order chi connectivity index (χ0) is 19.0. The number of carbonyl (C=O) groups excluding carboxylic acids is 1. The number of ether oxygens (including phenoxy) is 1. The lowest BCUT2D eigenvalue weighted by Gasteiger charge is -2.25. The van der Waals surface area contributed by atoms with Crippen LogP contribution in [0.4, 0.5) is 5.82 Å². The van der Waals surface area contributed by atoms with Gasteiger partial charge in [-0.25, -0.2) is 9.97 Å². The number of nitrogens with one attached hydrogen (secondary N) is 1. The summed E-state index contributed by atoms with van der Waals surface area (Å²) in [6.45, 7) is 3.44. The molecule has 0 aromatic carbocycles. The average Bonchev–Trinajstić information content (AvgIpc) is 3.25. The van der Waals surface area contributed by atoms with Crippen molar-refractivity contribution in [3.05, 3.63) is 40.4 Å². The molecule has 0 bridgehead atoms. The molecular weight excluding hydrogens is 344 g/mol. The fourth-order valence-electron chi connectivity index (χ4n) is 4.54. The Balaban J connectivity index is 1.58. The fourth-order valence-corrected chi connectivity index (χ4v) is 4.54. The van der Waals surface area contributed by atoms with Gasteiger partial charge in [0.2, 0.25) is 0 Å². The predicted octanol–water partition coefficient (Wildman–Crippen LogP) is 2.17. The molecule has 2 atom stereocenters. The third kappa shape index (κ3) is 3.01. The first-order valence-electron chi connectivity index (χ1n) is 9.46. The summed E-state index contributed by atoms with van der Waals surface area (Å²) in [7, 11) is 1.47. The molecule has 7 nitrogen and oxygen atoms in total. The predicted molar refractivity (Wildman–Crippen MR) is 101 cm³/mol. The molecule has 2 aliphatic rings. The smallest absolute Gasteiger partial charge is 0.313 e. The van der Waals surface area contributed by atoms with Gasteiger partial charge in [-0.1, -0.05) is 13.3 Å². The van der Waals surface area contributed by atoms with Crippen LogP contribution in [0.2, 0.25) is 0 Å². The highest BCUT2D eigenvalue weighted by Gasteiger charge is 2.55. The minimum absolute atomic E-state index is 0.0951. The number of nitrogens with zero attached hydrogens (tertiary/aromatic N) is 3. The van der Waals surface area contributed by atoms with Crippen LogP contribution in [0.15, 0.2) is 29.2 Å². The van der Waals surface area contributed by atoms with Gasteiger partial charge in [0.15, 0.2) is 0 Å². The van der Waals surface area contributed by atoms with Gasteiger partial charge in [0.1, 0.15) is 11.6 Å². The largest absolute Gasteiger partial charge is 0.469 e. The van der Waals surface area contributed by atoms with Gasteiger partial charge in [-0.15, -0.1) is 0 Å². The van der Waals surface area contributed by atoms with E-state index in [1.54, 1.807) is 6.20 Å². The molecule has 2 fully saturated rings. The number of fused-ring (bicyclic) bond motifs is 1. The first kappa shape index (κ1) is 17.7. The molecule has 0 spiro atoms. The number of methoxy groups -OCH3 is 1. The highest BCUT2D eigenvalue weighted by Crippen LogP contribution is 2.50. The molecule has 1 aliphatic carbocycles. The second-order valence-corrected chi connectivity index (χ2v) is 7.46. The fraction of sp³-hybridized carbons (Fsp3) is 0.500. The quantitative estimate of drug-likeness (QED) is 0.832. The number of pyridine rings is 1. The van der Waals surface area contributed by atoms with E-state index in [1.165, 1.54) is 13.2 Å². The monoisotopic (exact) mass is 368 g/mol. The number of anilines is 1. The van der Waals surface area contributed by atoms with Crippen molar-refractivity contribution in [3.8, 4) is 11.4 Å². The van der Waals surface area contributed by atoms with Crippen LogP contribution in [0.1, 0.15) is 31.9 Å². The zero-order valence-corrected chi connectivity index (χ0v) is 15.7. The molecule has 3 heterocycles. The summed E-state index contributed by atoms with van der Waals surface area (Å²) in [6.07, 6.45) is 5.44. The minimum atomic E-state index is -0.392. The molecule has 27 heavy (non-hydrogen) atoms. The van der Waals surface area contributed by atoms with Gasteiger partial charge in [-0.3, -0.25) is 9.59 Å². The van der Waals surface area contributed by atoms with Gasteiger partial charge in [-0.05, 0) is 37.3 Å². The van der Waals surface area contributed by atoms with Crippen molar-refractivity contribution < 1.29 is 9.53 Å². The van der Waals surface area contributed by atoms with Crippen LogP contribution in [-0.4, -0.2) is 41.1 Å². The highest BCUT2D eigenvalue weighted by molar-refractivity contribution is 5.79. The zero-order valence-electron chi connectivity index (χ0n) is 15.7. The highest BCUT2D eigenvalue weighted by atomic mass is 16.5. The maximum absolute atomic E-state index is 12.4. The van der Waals surface area contributed by atoms with Gasteiger partial charge < -0.3 is 14.6 Å². The van der Waals surface area contributed by atoms with Crippen molar-refractivity contribution in [2.45, 2.75) is 32.6 Å². The van der Waals surface area contributed by atoms with Crippen molar-refractivity contribution in [2.75, 3.05) is 25.1 Å². The Hall–Kier alpha value is -2.70. The number of esters is 1. The second-order valence-electron chi connectivity index (χ2n) is 7.46. The second kappa shape index (κ2) is 6.79. The minimum Gasteiger partial charge on any atom is -0.469 e. The molecular formula is C20H24N4O3. The van der Waals surface area contributed by atoms with Crippen molar-refractivity contribution >= 4 is 11.8 Å². The summed E-state index contributed by atoms with van der Waals surface area (Å²) in [5, 5.41) is 0. The van der Waals surface area contributed by atoms with E-state index in [9.17, 15) is 9.59 Å². The van der Waals surface area contributed by atoms with Gasteiger partial charge in [0, 0.05) is 36.6 Å². The van der Waals surface area contributed by atoms with Crippen LogP contribution in [-0.2, 0) is 16.0 Å². The van der Waals surface area contributed by atoms with Crippen LogP contribution >= 0.6 is 0 Å². The number of carbonyl (C=O) groups is 1. The Labute approximate surface area is 157 Å². The molecule has 7 heteroatoms. The van der Waals surface area contributed by atoms with E-state index in [4.69, 9.17) is 4.74 Å². The van der Waals surface area contributed by atoms with E-state index in [-0.39, 0.29) is 11.5 Å². The Morgan fingerprint density at radius 2 is 2.30 bits per heavy atom. The Bertz CT molecular complexity index is 908. The molecule has 4 rings (SSSR count). The summed E-state index contributed by atoms with van der Waals surface area (Å²) >= 11 is 0. The van der Waals surface area contributed by atoms with Crippen LogP contribution in [0.3, 0.4) is 0 Å². The molecule has 0 amide bonds. The van der Waals surface area contributed by atoms with Crippen molar-refractivity contribution in [1.29, 1.82) is 0 Å². The molecule has 142 valence electrons. The summed E-state index contributed by atoms with van der Waals surface area (Å²) in [6, 6.07) is 5.36. The molecule has 1 saturated heterocycles. The first-order valence-corrected chi connectivity index (χ1v) is 9.46. The molecule has 1 saturated carbocycles. The average molecular weight is 368 g/mol. The van der Waals surface area contributed by atoms with Crippen molar-refractivity contribution in [3.63, 3.8) is 0 Å². The number of aryl methyl sites for hydroxylation is 1. The SMILES string of the molecule is CCc1cc(=O)[nH]c(-c2ccc(N3CC4CCCC4(C(=O)OC)C3)nc2)n1. The summed E-state index contributed by atoms with van der Waals surface area (Å²) < 4.78 is 5.10. The molecule has 0 radical (unpaired) electrons. The lowest BCUT2D eigenvalue weighted by Crippen LogP contribution is -2.37. The number of hydrogen-bond acceptors (Lipinski definition) is 6. The molecule has 2 aromatic heterocycles. The molecule has 2 unspecified atom stereocenters. The lowest BCUT2D eigenvalue weighted by molar-refractivity contribution is -0.152. The number of H-pyrrole nitrogens is 1. The summed E-state index contributed by atoms with van der Waals surface area (Å²) in [5.41, 5.74) is 0.976. The van der Waals surface area contributed by atoms with E-state index < -0.39 is 5.41 Å². The maximum Gasteiger partial charge on any atom is 0.313 e. The van der Waals surface area contributed by atoms with Crippen molar-refractivity contribution in [1.82, 2.24) is 15.0 Å². The Kier molecular flexibility index (Phi) is 4.45. The maximum atomic E-state index is 12.4.